The summed E-state index contributed by atoms with van der Waals surface area (Å²) in [6, 6.07) is 5.83. The molecule has 0 aromatic heterocycles. The lowest BCUT2D eigenvalue weighted by Crippen LogP contribution is -2.00. The smallest absolute Gasteiger partial charge is 0.376 e. The standard InChI is InChI=1S/C13H21O3P/c1-4-6-9-12-10-7-8-11(3)13(12)16-17(14,15)5-2/h7-8,10H,4-6,9H2,1-3H3,(H,14,15). The molecule has 0 amide bonds. The van der Waals surface area contributed by atoms with Crippen LogP contribution < -0.4 is 4.52 Å². The summed E-state index contributed by atoms with van der Waals surface area (Å²) in [4.78, 5) is 9.58. The normalized spacial score (nSPS) is 14.4. The van der Waals surface area contributed by atoms with E-state index in [4.69, 9.17) is 4.52 Å². The second-order valence-corrected chi connectivity index (χ2v) is 6.30. The quantitative estimate of drug-likeness (QED) is 0.784. The van der Waals surface area contributed by atoms with Gasteiger partial charge in [0.15, 0.2) is 0 Å². The molecule has 0 saturated heterocycles. The third-order valence-corrected chi connectivity index (χ3v) is 3.99. The fourth-order valence-electron chi connectivity index (χ4n) is 1.62. The average Bonchev–Trinajstić information content (AvgIpc) is 2.30. The van der Waals surface area contributed by atoms with Crippen LogP contribution in [0.1, 0.15) is 37.8 Å². The summed E-state index contributed by atoms with van der Waals surface area (Å²) in [6.07, 6.45) is 3.17. The summed E-state index contributed by atoms with van der Waals surface area (Å²) in [5.41, 5.74) is 1.94. The largest absolute Gasteiger partial charge is 0.424 e. The molecule has 0 aliphatic heterocycles. The Hall–Kier alpha value is -0.790. The Labute approximate surface area is 103 Å². The number of hydrogen-bond donors (Lipinski definition) is 1. The minimum atomic E-state index is -3.48. The maximum Gasteiger partial charge on any atom is 0.376 e. The van der Waals surface area contributed by atoms with Crippen molar-refractivity contribution in [3.8, 4) is 5.75 Å². The van der Waals surface area contributed by atoms with Crippen LogP contribution in [0.25, 0.3) is 0 Å². The molecule has 96 valence electrons. The van der Waals surface area contributed by atoms with Crippen LogP contribution in [0.4, 0.5) is 0 Å². The molecule has 17 heavy (non-hydrogen) atoms. The molecule has 0 bridgehead atoms. The van der Waals surface area contributed by atoms with Crippen LogP contribution in [0.15, 0.2) is 18.2 Å². The van der Waals surface area contributed by atoms with E-state index >= 15 is 0 Å². The van der Waals surface area contributed by atoms with Crippen LogP contribution in [0.3, 0.4) is 0 Å². The van der Waals surface area contributed by atoms with E-state index in [2.05, 4.69) is 6.92 Å². The van der Waals surface area contributed by atoms with Crippen molar-refractivity contribution in [1.29, 1.82) is 0 Å². The highest BCUT2D eigenvalue weighted by Gasteiger charge is 2.20. The summed E-state index contributed by atoms with van der Waals surface area (Å²) >= 11 is 0. The fourth-order valence-corrected chi connectivity index (χ4v) is 2.29. The summed E-state index contributed by atoms with van der Waals surface area (Å²) < 4.78 is 17.0. The Morgan fingerprint density at radius 3 is 2.65 bits per heavy atom. The highest BCUT2D eigenvalue weighted by atomic mass is 31.2. The summed E-state index contributed by atoms with van der Waals surface area (Å²) in [5.74, 6) is 0.591. The minimum Gasteiger partial charge on any atom is -0.424 e. The van der Waals surface area contributed by atoms with Gasteiger partial charge in [-0.2, -0.15) is 0 Å². The van der Waals surface area contributed by atoms with E-state index in [0.29, 0.717) is 5.75 Å². The molecule has 1 N–H and O–H groups in total. The van der Waals surface area contributed by atoms with Crippen LogP contribution in [0, 0.1) is 6.92 Å². The fraction of sp³-hybridized carbons (Fsp3) is 0.538. The zero-order valence-corrected chi connectivity index (χ0v) is 11.7. The van der Waals surface area contributed by atoms with E-state index in [1.54, 1.807) is 6.92 Å². The first-order chi connectivity index (χ1) is 8.00. The highest BCUT2D eigenvalue weighted by molar-refractivity contribution is 7.53. The molecule has 0 spiro atoms. The van der Waals surface area contributed by atoms with Gasteiger partial charge in [-0.3, -0.25) is 0 Å². The lowest BCUT2D eigenvalue weighted by molar-refractivity contribution is 0.378. The number of benzene rings is 1. The van der Waals surface area contributed by atoms with Crippen molar-refractivity contribution in [2.45, 2.75) is 40.0 Å². The van der Waals surface area contributed by atoms with Crippen molar-refractivity contribution in [2.75, 3.05) is 6.16 Å². The monoisotopic (exact) mass is 256 g/mol. The van der Waals surface area contributed by atoms with Gasteiger partial charge in [0, 0.05) is 0 Å². The van der Waals surface area contributed by atoms with Crippen molar-refractivity contribution >= 4 is 7.60 Å². The second-order valence-electron chi connectivity index (χ2n) is 4.21. The zero-order valence-electron chi connectivity index (χ0n) is 10.8. The Morgan fingerprint density at radius 2 is 2.06 bits per heavy atom. The molecule has 0 heterocycles. The Kier molecular flexibility index (Phi) is 5.23. The highest BCUT2D eigenvalue weighted by Crippen LogP contribution is 2.44. The number of para-hydroxylation sites is 1. The lowest BCUT2D eigenvalue weighted by Gasteiger charge is -2.17. The molecule has 0 aliphatic carbocycles. The van der Waals surface area contributed by atoms with Gasteiger partial charge in [-0.05, 0) is 30.9 Å². The van der Waals surface area contributed by atoms with Crippen molar-refractivity contribution in [1.82, 2.24) is 0 Å². The third kappa shape index (κ3) is 4.18. The predicted molar refractivity (Wildman–Crippen MR) is 70.8 cm³/mol. The van der Waals surface area contributed by atoms with Crippen molar-refractivity contribution in [3.05, 3.63) is 29.3 Å². The van der Waals surface area contributed by atoms with Gasteiger partial charge in [0.1, 0.15) is 5.75 Å². The van der Waals surface area contributed by atoms with Gasteiger partial charge in [0.05, 0.1) is 6.16 Å². The van der Waals surface area contributed by atoms with Gasteiger partial charge in [-0.1, -0.05) is 38.5 Å². The van der Waals surface area contributed by atoms with Gasteiger partial charge in [0.25, 0.3) is 0 Å². The molecule has 1 unspecified atom stereocenters. The number of rotatable bonds is 6. The number of hydrogen-bond acceptors (Lipinski definition) is 2. The molecule has 0 saturated carbocycles. The molecule has 0 fully saturated rings. The van der Waals surface area contributed by atoms with Crippen LogP contribution in [0.2, 0.25) is 0 Å². The predicted octanol–water partition coefficient (Wildman–Crippen LogP) is 3.92. The van der Waals surface area contributed by atoms with E-state index in [1.165, 1.54) is 0 Å². The van der Waals surface area contributed by atoms with Gasteiger partial charge in [-0.15, -0.1) is 0 Å². The molecule has 1 rings (SSSR count). The zero-order chi connectivity index (χ0) is 12.9. The topological polar surface area (TPSA) is 46.5 Å². The van der Waals surface area contributed by atoms with E-state index in [-0.39, 0.29) is 6.16 Å². The summed E-state index contributed by atoms with van der Waals surface area (Å²) in [6.45, 7) is 5.69. The Bertz CT molecular complexity index is 415. The van der Waals surface area contributed by atoms with Gasteiger partial charge < -0.3 is 9.42 Å². The van der Waals surface area contributed by atoms with E-state index < -0.39 is 7.60 Å². The van der Waals surface area contributed by atoms with Gasteiger partial charge in [0.2, 0.25) is 0 Å². The SMILES string of the molecule is CCCCc1cccc(C)c1OP(=O)(O)CC. The van der Waals surface area contributed by atoms with Gasteiger partial charge in [-0.25, -0.2) is 4.57 Å². The third-order valence-electron chi connectivity index (χ3n) is 2.73. The number of aryl methyl sites for hydroxylation is 2. The molecular weight excluding hydrogens is 235 g/mol. The molecule has 3 nitrogen and oxygen atoms in total. The average molecular weight is 256 g/mol. The molecule has 1 atom stereocenters. The Morgan fingerprint density at radius 1 is 1.35 bits per heavy atom. The van der Waals surface area contributed by atoms with E-state index in [1.807, 2.05) is 25.1 Å². The maximum absolute atomic E-state index is 11.7. The van der Waals surface area contributed by atoms with Crippen molar-refractivity contribution in [3.63, 3.8) is 0 Å². The minimum absolute atomic E-state index is 0.133. The van der Waals surface area contributed by atoms with Crippen molar-refractivity contribution < 1.29 is 14.0 Å². The Balaban J connectivity index is 2.99. The molecule has 0 aliphatic rings. The lowest BCUT2D eigenvalue weighted by atomic mass is 10.0. The first-order valence-electron chi connectivity index (χ1n) is 6.10. The molecule has 1 aromatic carbocycles. The van der Waals surface area contributed by atoms with E-state index in [0.717, 1.165) is 30.4 Å². The first kappa shape index (κ1) is 14.3. The molecule has 0 radical (unpaired) electrons. The molecule has 1 aromatic rings. The second kappa shape index (κ2) is 6.23. The summed E-state index contributed by atoms with van der Waals surface area (Å²) in [7, 11) is -3.48. The number of unbranched alkanes of at least 4 members (excludes halogenated alkanes) is 1. The van der Waals surface area contributed by atoms with Crippen LogP contribution >= 0.6 is 7.60 Å². The molecular formula is C13H21O3P. The van der Waals surface area contributed by atoms with Crippen LogP contribution in [-0.4, -0.2) is 11.1 Å². The first-order valence-corrected chi connectivity index (χ1v) is 7.86. The summed E-state index contributed by atoms with van der Waals surface area (Å²) in [5, 5.41) is 0. The van der Waals surface area contributed by atoms with Crippen LogP contribution in [-0.2, 0) is 11.0 Å². The van der Waals surface area contributed by atoms with Gasteiger partial charge >= 0.3 is 7.60 Å². The maximum atomic E-state index is 11.7. The van der Waals surface area contributed by atoms with Crippen molar-refractivity contribution in [2.24, 2.45) is 0 Å². The van der Waals surface area contributed by atoms with E-state index in [9.17, 15) is 9.46 Å². The molecule has 4 heteroatoms. The van der Waals surface area contributed by atoms with Crippen LogP contribution in [0.5, 0.6) is 5.75 Å².